The summed E-state index contributed by atoms with van der Waals surface area (Å²) in [5.41, 5.74) is 0. The van der Waals surface area contributed by atoms with Crippen LogP contribution in [0.1, 0.15) is 13.8 Å². The SMILES string of the molecule is CC(=O)N[C@@H]1[C@@H](O[C@@H]2O[C@H](CO[C@@H]3O[C@H](CO)[C@@H](O)[C@H](O)[C@H]3NC(C)=O)[C@H](O)[C@H](O)[C@H]2O)[C@@H](O)[C@@H](CO)O[C@@H]1O. The van der Waals surface area contributed by atoms with Crippen LogP contribution < -0.4 is 10.6 Å². The molecule has 0 saturated carbocycles. The lowest BCUT2D eigenvalue weighted by Crippen LogP contribution is -2.68. The van der Waals surface area contributed by atoms with Gasteiger partial charge in [-0.2, -0.15) is 0 Å². The van der Waals surface area contributed by atoms with Crippen LogP contribution in [0.15, 0.2) is 0 Å². The lowest BCUT2D eigenvalue weighted by molar-refractivity contribution is -0.348. The normalized spacial score (nSPS) is 46.0. The minimum Gasteiger partial charge on any atom is -0.394 e. The number of aliphatic hydroxyl groups excluding tert-OH is 9. The summed E-state index contributed by atoms with van der Waals surface area (Å²) in [4.78, 5) is 23.3. The van der Waals surface area contributed by atoms with Crippen molar-refractivity contribution in [3.63, 3.8) is 0 Å². The predicted octanol–water partition coefficient (Wildman–Crippen LogP) is -7.29. The van der Waals surface area contributed by atoms with Gasteiger partial charge in [0, 0.05) is 13.8 Å². The maximum absolute atomic E-state index is 11.7. The Kier molecular flexibility index (Phi) is 11.5. The Morgan fingerprint density at radius 1 is 0.650 bits per heavy atom. The van der Waals surface area contributed by atoms with Gasteiger partial charge in [-0.1, -0.05) is 0 Å². The highest BCUT2D eigenvalue weighted by Gasteiger charge is 2.52. The molecule has 0 unspecified atom stereocenters. The summed E-state index contributed by atoms with van der Waals surface area (Å²) in [6, 6.07) is -2.71. The van der Waals surface area contributed by atoms with Crippen molar-refractivity contribution in [3.8, 4) is 0 Å². The van der Waals surface area contributed by atoms with E-state index in [4.69, 9.17) is 23.7 Å². The van der Waals surface area contributed by atoms with E-state index in [1.165, 1.54) is 0 Å². The second-order valence-corrected chi connectivity index (χ2v) is 9.85. The van der Waals surface area contributed by atoms with Crippen LogP contribution in [0.2, 0.25) is 0 Å². The summed E-state index contributed by atoms with van der Waals surface area (Å²) in [7, 11) is 0. The van der Waals surface area contributed by atoms with Crippen LogP contribution in [0.5, 0.6) is 0 Å². The molecule has 18 heteroatoms. The van der Waals surface area contributed by atoms with E-state index in [0.717, 1.165) is 13.8 Å². The number of ether oxygens (including phenoxy) is 5. The number of rotatable bonds is 9. The maximum atomic E-state index is 11.7. The molecule has 0 bridgehead atoms. The third kappa shape index (κ3) is 7.23. The molecule has 11 N–H and O–H groups in total. The average molecular weight is 587 g/mol. The Morgan fingerprint density at radius 3 is 1.75 bits per heavy atom. The van der Waals surface area contributed by atoms with Gasteiger partial charge in [0.2, 0.25) is 11.8 Å². The third-order valence-corrected chi connectivity index (χ3v) is 6.88. The first-order chi connectivity index (χ1) is 18.8. The molecule has 3 heterocycles. The molecule has 2 amide bonds. The summed E-state index contributed by atoms with van der Waals surface area (Å²) in [5, 5.41) is 96.6. The molecular weight excluding hydrogens is 548 g/mol. The fourth-order valence-corrected chi connectivity index (χ4v) is 4.76. The van der Waals surface area contributed by atoms with Crippen molar-refractivity contribution in [2.75, 3.05) is 19.8 Å². The van der Waals surface area contributed by atoms with E-state index < -0.39 is 124 Å². The van der Waals surface area contributed by atoms with Crippen molar-refractivity contribution in [1.29, 1.82) is 0 Å². The van der Waals surface area contributed by atoms with E-state index in [0.29, 0.717) is 0 Å². The largest absolute Gasteiger partial charge is 0.394 e. The third-order valence-electron chi connectivity index (χ3n) is 6.88. The van der Waals surface area contributed by atoms with Gasteiger partial charge in [-0.3, -0.25) is 9.59 Å². The molecule has 3 saturated heterocycles. The molecule has 232 valence electrons. The zero-order valence-corrected chi connectivity index (χ0v) is 21.7. The molecule has 0 aliphatic carbocycles. The van der Waals surface area contributed by atoms with Crippen LogP contribution in [0.3, 0.4) is 0 Å². The van der Waals surface area contributed by atoms with E-state index in [-0.39, 0.29) is 0 Å². The van der Waals surface area contributed by atoms with Gasteiger partial charge in [-0.25, -0.2) is 0 Å². The van der Waals surface area contributed by atoms with Gasteiger partial charge in [0.05, 0.1) is 19.8 Å². The molecule has 0 aromatic rings. The van der Waals surface area contributed by atoms with Crippen LogP contribution in [0, 0.1) is 0 Å². The predicted molar refractivity (Wildman–Crippen MR) is 124 cm³/mol. The Balaban J connectivity index is 1.76. The second kappa shape index (κ2) is 14.0. The van der Waals surface area contributed by atoms with Crippen molar-refractivity contribution in [1.82, 2.24) is 10.6 Å². The van der Waals surface area contributed by atoms with Crippen molar-refractivity contribution in [3.05, 3.63) is 0 Å². The first-order valence-electron chi connectivity index (χ1n) is 12.6. The standard InChI is InChI=1S/C22H38N2O16/c1-6(27)23-11-16(32)13(29)8(3-25)38-21(11)36-5-10-14(30)17(33)18(34)22(39-10)40-19-12(24-7(2)28)20(35)37-9(4-26)15(19)31/h8-22,25-26,29-35H,3-5H2,1-2H3,(H,23,27)(H,24,28)/t8-,9-,10-,11-,12-,13-,14+,15+,16-,17+,18-,19-,20+,21-,22+/m1/s1. The molecule has 0 spiro atoms. The zero-order valence-electron chi connectivity index (χ0n) is 21.7. The molecule has 0 radical (unpaired) electrons. The summed E-state index contributed by atoms with van der Waals surface area (Å²) < 4.78 is 27.3. The summed E-state index contributed by atoms with van der Waals surface area (Å²) >= 11 is 0. The summed E-state index contributed by atoms with van der Waals surface area (Å²) in [6.45, 7) is 0.187. The van der Waals surface area contributed by atoms with Crippen molar-refractivity contribution in [2.24, 2.45) is 0 Å². The Morgan fingerprint density at radius 2 is 1.18 bits per heavy atom. The van der Waals surface area contributed by atoms with Crippen LogP contribution in [-0.4, -0.2) is 170 Å². The lowest BCUT2D eigenvalue weighted by atomic mass is 9.95. The smallest absolute Gasteiger partial charge is 0.217 e. The van der Waals surface area contributed by atoms with Crippen molar-refractivity contribution < 1.29 is 79.2 Å². The molecule has 0 aromatic carbocycles. The molecule has 3 aliphatic rings. The topological polar surface area (TPSA) is 286 Å². The van der Waals surface area contributed by atoms with E-state index >= 15 is 0 Å². The van der Waals surface area contributed by atoms with Gasteiger partial charge in [-0.15, -0.1) is 0 Å². The van der Waals surface area contributed by atoms with Crippen LogP contribution in [-0.2, 0) is 33.3 Å². The minimum atomic E-state index is -1.90. The van der Waals surface area contributed by atoms with E-state index in [1.54, 1.807) is 0 Å². The fraction of sp³-hybridized carbons (Fsp3) is 0.909. The molecule has 3 fully saturated rings. The molecule has 3 aliphatic heterocycles. The highest BCUT2D eigenvalue weighted by Crippen LogP contribution is 2.30. The van der Waals surface area contributed by atoms with Crippen molar-refractivity contribution >= 4 is 11.8 Å². The van der Waals surface area contributed by atoms with Gasteiger partial charge < -0.3 is 80.3 Å². The number of hydrogen-bond donors (Lipinski definition) is 11. The Hall–Kier alpha value is -1.62. The molecule has 40 heavy (non-hydrogen) atoms. The summed E-state index contributed by atoms with van der Waals surface area (Å²) in [5.74, 6) is -1.25. The van der Waals surface area contributed by atoms with Gasteiger partial charge in [0.1, 0.15) is 73.1 Å². The second-order valence-electron chi connectivity index (χ2n) is 9.85. The van der Waals surface area contributed by atoms with E-state index in [9.17, 15) is 55.5 Å². The van der Waals surface area contributed by atoms with Crippen LogP contribution >= 0.6 is 0 Å². The minimum absolute atomic E-state index is 0.607. The van der Waals surface area contributed by atoms with Gasteiger partial charge in [0.25, 0.3) is 0 Å². The number of carbonyl (C=O) groups is 2. The molecule has 15 atom stereocenters. The molecule has 3 rings (SSSR count). The quantitative estimate of drug-likeness (QED) is 0.120. The summed E-state index contributed by atoms with van der Waals surface area (Å²) in [6.07, 6.45) is -21.1. The Bertz CT molecular complexity index is 854. The first-order valence-corrected chi connectivity index (χ1v) is 12.6. The number of hydrogen-bond acceptors (Lipinski definition) is 16. The first kappa shape index (κ1) is 32.9. The number of amides is 2. The molecular formula is C22H38N2O16. The highest BCUT2D eigenvalue weighted by atomic mass is 16.7. The average Bonchev–Trinajstić information content (AvgIpc) is 2.90. The van der Waals surface area contributed by atoms with Crippen LogP contribution in [0.4, 0.5) is 0 Å². The maximum Gasteiger partial charge on any atom is 0.217 e. The monoisotopic (exact) mass is 586 g/mol. The van der Waals surface area contributed by atoms with Gasteiger partial charge >= 0.3 is 0 Å². The molecule has 18 nitrogen and oxygen atoms in total. The Labute approximate surface area is 228 Å². The highest BCUT2D eigenvalue weighted by molar-refractivity contribution is 5.73. The fourth-order valence-electron chi connectivity index (χ4n) is 4.76. The zero-order chi connectivity index (χ0) is 29.9. The van der Waals surface area contributed by atoms with Gasteiger partial charge in [-0.05, 0) is 0 Å². The number of carbonyl (C=O) groups excluding carboxylic acids is 2. The lowest BCUT2D eigenvalue weighted by Gasteiger charge is -2.47. The van der Waals surface area contributed by atoms with E-state index in [2.05, 4.69) is 10.6 Å². The molecule has 0 aromatic heterocycles. The van der Waals surface area contributed by atoms with E-state index in [1.807, 2.05) is 0 Å². The van der Waals surface area contributed by atoms with Crippen molar-refractivity contribution in [2.45, 2.75) is 106 Å². The number of nitrogens with one attached hydrogen (secondary N) is 2. The van der Waals surface area contributed by atoms with Gasteiger partial charge in [0.15, 0.2) is 18.9 Å². The van der Waals surface area contributed by atoms with Crippen LogP contribution in [0.25, 0.3) is 0 Å². The number of aliphatic hydroxyl groups is 9.